The lowest BCUT2D eigenvalue weighted by molar-refractivity contribution is -0.117. The zero-order chi connectivity index (χ0) is 16.9. The van der Waals surface area contributed by atoms with E-state index in [1.54, 1.807) is 24.3 Å². The van der Waals surface area contributed by atoms with E-state index in [1.165, 1.54) is 24.3 Å². The van der Waals surface area contributed by atoms with E-state index < -0.39 is 0 Å². The monoisotopic (exact) mass is 322 g/mol. The van der Waals surface area contributed by atoms with Crippen molar-refractivity contribution in [2.24, 2.45) is 0 Å². The van der Waals surface area contributed by atoms with Gasteiger partial charge in [0.25, 0.3) is 0 Å². The normalized spacial score (nSPS) is 10.2. The SMILES string of the molecule is N#Cc1ccccc1NC(=O)Cn1nnc(-c2ccc(F)cc2)n1. The van der Waals surface area contributed by atoms with E-state index >= 15 is 0 Å². The van der Waals surface area contributed by atoms with Crippen LogP contribution in [0.4, 0.5) is 10.1 Å². The van der Waals surface area contributed by atoms with E-state index in [2.05, 4.69) is 20.7 Å². The number of nitriles is 1. The molecule has 0 aliphatic rings. The maximum absolute atomic E-state index is 12.9. The third-order valence-electron chi connectivity index (χ3n) is 3.16. The van der Waals surface area contributed by atoms with E-state index in [4.69, 9.17) is 5.26 Å². The lowest BCUT2D eigenvalue weighted by atomic mass is 10.2. The van der Waals surface area contributed by atoms with Crippen LogP contribution >= 0.6 is 0 Å². The first-order chi connectivity index (χ1) is 11.7. The molecule has 7 nitrogen and oxygen atoms in total. The maximum atomic E-state index is 12.9. The van der Waals surface area contributed by atoms with Crippen LogP contribution in [-0.4, -0.2) is 26.1 Å². The van der Waals surface area contributed by atoms with Gasteiger partial charge in [0.1, 0.15) is 18.4 Å². The average Bonchev–Trinajstić information content (AvgIpc) is 3.04. The van der Waals surface area contributed by atoms with Crippen LogP contribution in [0, 0.1) is 17.1 Å². The number of aromatic nitrogens is 4. The van der Waals surface area contributed by atoms with Gasteiger partial charge in [0, 0.05) is 5.56 Å². The number of rotatable bonds is 4. The minimum Gasteiger partial charge on any atom is -0.323 e. The van der Waals surface area contributed by atoms with Gasteiger partial charge in [0.05, 0.1) is 11.3 Å². The fourth-order valence-electron chi connectivity index (χ4n) is 2.03. The summed E-state index contributed by atoms with van der Waals surface area (Å²) in [5, 5.41) is 23.3. The van der Waals surface area contributed by atoms with E-state index in [-0.39, 0.29) is 18.3 Å². The van der Waals surface area contributed by atoms with E-state index in [0.717, 1.165) is 4.80 Å². The van der Waals surface area contributed by atoms with Crippen molar-refractivity contribution in [3.8, 4) is 17.5 Å². The number of tetrazole rings is 1. The van der Waals surface area contributed by atoms with Crippen LogP contribution in [0.1, 0.15) is 5.56 Å². The second-order valence-electron chi connectivity index (χ2n) is 4.86. The molecule has 2 aromatic carbocycles. The summed E-state index contributed by atoms with van der Waals surface area (Å²) in [6.45, 7) is -0.159. The first-order valence-electron chi connectivity index (χ1n) is 6.98. The number of anilines is 1. The lowest BCUT2D eigenvalue weighted by Gasteiger charge is -2.05. The van der Waals surface area contributed by atoms with Crippen LogP contribution in [0.2, 0.25) is 0 Å². The minimum absolute atomic E-state index is 0.159. The summed E-state index contributed by atoms with van der Waals surface area (Å²) in [6, 6.07) is 14.3. The van der Waals surface area contributed by atoms with E-state index in [9.17, 15) is 9.18 Å². The Bertz CT molecular complexity index is 913. The van der Waals surface area contributed by atoms with Gasteiger partial charge in [-0.25, -0.2) is 4.39 Å². The molecule has 0 bridgehead atoms. The lowest BCUT2D eigenvalue weighted by Crippen LogP contribution is -2.21. The number of hydrogen-bond acceptors (Lipinski definition) is 5. The molecule has 1 heterocycles. The van der Waals surface area contributed by atoms with Crippen molar-refractivity contribution < 1.29 is 9.18 Å². The summed E-state index contributed by atoms with van der Waals surface area (Å²) >= 11 is 0. The molecule has 0 unspecified atom stereocenters. The molecule has 118 valence electrons. The number of nitrogens with one attached hydrogen (secondary N) is 1. The standard InChI is InChI=1S/C16H11FN6O/c17-13-7-5-11(6-8-13)16-20-22-23(21-16)10-15(24)19-14-4-2-1-3-12(14)9-18/h1-8H,10H2,(H,19,24). The molecule has 0 saturated heterocycles. The highest BCUT2D eigenvalue weighted by atomic mass is 19.1. The molecule has 0 saturated carbocycles. The van der Waals surface area contributed by atoms with Crippen molar-refractivity contribution in [2.75, 3.05) is 5.32 Å². The van der Waals surface area contributed by atoms with Crippen LogP contribution in [0.5, 0.6) is 0 Å². The Labute approximate surface area is 136 Å². The molecule has 1 aromatic heterocycles. The molecule has 0 radical (unpaired) electrons. The first-order valence-corrected chi connectivity index (χ1v) is 6.98. The Morgan fingerprint density at radius 3 is 2.71 bits per heavy atom. The predicted molar refractivity (Wildman–Crippen MR) is 83.0 cm³/mol. The summed E-state index contributed by atoms with van der Waals surface area (Å²) in [7, 11) is 0. The van der Waals surface area contributed by atoms with Crippen molar-refractivity contribution >= 4 is 11.6 Å². The number of carbonyl (C=O) groups excluding carboxylic acids is 1. The van der Waals surface area contributed by atoms with Gasteiger partial charge in [-0.05, 0) is 41.6 Å². The van der Waals surface area contributed by atoms with E-state index in [0.29, 0.717) is 22.6 Å². The Kier molecular flexibility index (Phi) is 4.25. The van der Waals surface area contributed by atoms with E-state index in [1.807, 2.05) is 6.07 Å². The van der Waals surface area contributed by atoms with Crippen LogP contribution in [-0.2, 0) is 11.3 Å². The number of nitrogens with zero attached hydrogens (tertiary/aromatic N) is 5. The first kappa shape index (κ1) is 15.3. The number of para-hydroxylation sites is 1. The summed E-state index contributed by atoms with van der Waals surface area (Å²) in [5.41, 5.74) is 1.38. The summed E-state index contributed by atoms with van der Waals surface area (Å²) in [6.07, 6.45) is 0. The molecule has 1 amide bonds. The zero-order valence-corrected chi connectivity index (χ0v) is 12.3. The van der Waals surface area contributed by atoms with Gasteiger partial charge in [-0.2, -0.15) is 10.1 Å². The molecule has 3 aromatic rings. The Morgan fingerprint density at radius 1 is 1.21 bits per heavy atom. The fraction of sp³-hybridized carbons (Fsp3) is 0.0625. The van der Waals surface area contributed by atoms with Gasteiger partial charge in [0.2, 0.25) is 11.7 Å². The molecule has 0 aliphatic carbocycles. The summed E-state index contributed by atoms with van der Waals surface area (Å²) < 4.78 is 12.9. The number of benzene rings is 2. The predicted octanol–water partition coefficient (Wildman–Crippen LogP) is 1.99. The molecular weight excluding hydrogens is 311 g/mol. The number of carbonyl (C=O) groups is 1. The molecule has 1 N–H and O–H groups in total. The zero-order valence-electron chi connectivity index (χ0n) is 12.3. The van der Waals surface area contributed by atoms with Gasteiger partial charge in [-0.3, -0.25) is 4.79 Å². The third-order valence-corrected chi connectivity index (χ3v) is 3.16. The van der Waals surface area contributed by atoms with Gasteiger partial charge in [-0.1, -0.05) is 12.1 Å². The minimum atomic E-state index is -0.388. The Morgan fingerprint density at radius 2 is 1.96 bits per heavy atom. The molecule has 0 spiro atoms. The quantitative estimate of drug-likeness (QED) is 0.792. The van der Waals surface area contributed by atoms with Crippen LogP contribution in [0.15, 0.2) is 48.5 Å². The molecule has 24 heavy (non-hydrogen) atoms. The van der Waals surface area contributed by atoms with Crippen LogP contribution < -0.4 is 5.32 Å². The highest BCUT2D eigenvalue weighted by Crippen LogP contribution is 2.15. The molecule has 0 atom stereocenters. The van der Waals surface area contributed by atoms with Crippen molar-refractivity contribution in [3.05, 3.63) is 59.9 Å². The van der Waals surface area contributed by atoms with Crippen molar-refractivity contribution in [1.82, 2.24) is 20.2 Å². The summed E-state index contributed by atoms with van der Waals surface area (Å²) in [5.74, 6) is -0.456. The van der Waals surface area contributed by atoms with Crippen molar-refractivity contribution in [3.63, 3.8) is 0 Å². The van der Waals surface area contributed by atoms with Crippen molar-refractivity contribution in [1.29, 1.82) is 5.26 Å². The number of hydrogen-bond donors (Lipinski definition) is 1. The number of halogens is 1. The highest BCUT2D eigenvalue weighted by Gasteiger charge is 2.11. The molecule has 0 aliphatic heterocycles. The molecule has 0 fully saturated rings. The fourth-order valence-corrected chi connectivity index (χ4v) is 2.03. The van der Waals surface area contributed by atoms with Gasteiger partial charge >= 0.3 is 0 Å². The highest BCUT2D eigenvalue weighted by molar-refractivity contribution is 5.91. The third kappa shape index (κ3) is 3.41. The Balaban J connectivity index is 1.69. The Hall–Kier alpha value is -3.60. The van der Waals surface area contributed by atoms with Crippen LogP contribution in [0.25, 0.3) is 11.4 Å². The largest absolute Gasteiger partial charge is 0.323 e. The molecule has 3 rings (SSSR count). The van der Waals surface area contributed by atoms with Gasteiger partial charge in [-0.15, -0.1) is 10.2 Å². The number of amides is 1. The second kappa shape index (κ2) is 6.66. The molecular formula is C16H11FN6O. The van der Waals surface area contributed by atoms with Gasteiger partial charge in [0.15, 0.2) is 0 Å². The molecule has 8 heteroatoms. The second-order valence-corrected chi connectivity index (χ2v) is 4.86. The van der Waals surface area contributed by atoms with Gasteiger partial charge < -0.3 is 5.32 Å². The smallest absolute Gasteiger partial charge is 0.248 e. The average molecular weight is 322 g/mol. The topological polar surface area (TPSA) is 96.5 Å². The van der Waals surface area contributed by atoms with Crippen molar-refractivity contribution in [2.45, 2.75) is 6.54 Å². The summed E-state index contributed by atoms with van der Waals surface area (Å²) in [4.78, 5) is 13.2. The maximum Gasteiger partial charge on any atom is 0.248 e. The van der Waals surface area contributed by atoms with Crippen LogP contribution in [0.3, 0.4) is 0 Å².